The molecule has 2 atom stereocenters. The molecule has 0 unspecified atom stereocenters. The van der Waals surface area contributed by atoms with Crippen LogP contribution in [0.1, 0.15) is 38.2 Å². The molecule has 0 bridgehead atoms. The number of carbonyl (C=O) groups excluding carboxylic acids is 1. The molecule has 164 valence electrons. The minimum atomic E-state index is -4.50. The average Bonchev–Trinajstić information content (AvgIpc) is 3.16. The van der Waals surface area contributed by atoms with Gasteiger partial charge in [0.15, 0.2) is 5.65 Å². The van der Waals surface area contributed by atoms with Crippen LogP contribution in [0.15, 0.2) is 41.6 Å². The molecule has 1 fully saturated rings. The van der Waals surface area contributed by atoms with Gasteiger partial charge in [0, 0.05) is 6.04 Å². The highest BCUT2D eigenvalue weighted by atomic mass is 19.4. The molecular weight excluding hydrogens is 411 g/mol. The fourth-order valence-corrected chi connectivity index (χ4v) is 4.00. The number of hydrogen-bond acceptors (Lipinski definition) is 4. The van der Waals surface area contributed by atoms with E-state index in [-0.39, 0.29) is 35.2 Å². The third-order valence-electron chi connectivity index (χ3n) is 5.74. The van der Waals surface area contributed by atoms with Crippen molar-refractivity contribution in [2.75, 3.05) is 0 Å². The third-order valence-corrected chi connectivity index (χ3v) is 5.74. The van der Waals surface area contributed by atoms with Gasteiger partial charge in [-0.2, -0.15) is 18.3 Å². The predicted molar refractivity (Wildman–Crippen MR) is 108 cm³/mol. The number of aromatic nitrogens is 4. The van der Waals surface area contributed by atoms with Crippen LogP contribution in [0.25, 0.3) is 16.7 Å². The molecule has 4 rings (SSSR count). The Morgan fingerprint density at radius 2 is 2.03 bits per heavy atom. The standard InChI is InChI=1S/C21H22F3N5O2/c1-13-5-2-3-8-17(13)27-18(30)11-28-12-25-19-16(20(28)31)10-26-29(19)15-7-4-6-14(9-15)21(22,23)24/h4,6-7,9-10,12-13,17H,2-3,5,8,11H2,1H3,(H,27,30)/t13-,17-/m1/s1. The van der Waals surface area contributed by atoms with Crippen LogP contribution in [-0.4, -0.2) is 31.3 Å². The fraction of sp³-hybridized carbons (Fsp3) is 0.429. The molecule has 1 aliphatic rings. The maximum Gasteiger partial charge on any atom is 0.416 e. The minimum Gasteiger partial charge on any atom is -0.352 e. The largest absolute Gasteiger partial charge is 0.416 e. The van der Waals surface area contributed by atoms with Gasteiger partial charge in [0.05, 0.1) is 17.4 Å². The number of benzene rings is 1. The molecule has 0 aliphatic heterocycles. The van der Waals surface area contributed by atoms with E-state index >= 15 is 0 Å². The first-order chi connectivity index (χ1) is 14.7. The molecule has 2 heterocycles. The van der Waals surface area contributed by atoms with E-state index in [0.717, 1.165) is 37.8 Å². The Morgan fingerprint density at radius 3 is 2.77 bits per heavy atom. The zero-order valence-corrected chi connectivity index (χ0v) is 16.9. The van der Waals surface area contributed by atoms with E-state index < -0.39 is 17.3 Å². The van der Waals surface area contributed by atoms with E-state index in [0.29, 0.717) is 5.92 Å². The second-order valence-electron chi connectivity index (χ2n) is 7.96. The van der Waals surface area contributed by atoms with E-state index in [9.17, 15) is 22.8 Å². The number of carbonyl (C=O) groups is 1. The lowest BCUT2D eigenvalue weighted by Gasteiger charge is -2.29. The first-order valence-electron chi connectivity index (χ1n) is 10.1. The van der Waals surface area contributed by atoms with Crippen molar-refractivity contribution in [3.63, 3.8) is 0 Å². The van der Waals surface area contributed by atoms with Crippen LogP contribution in [0, 0.1) is 5.92 Å². The number of amides is 1. The molecule has 7 nitrogen and oxygen atoms in total. The van der Waals surface area contributed by atoms with Crippen LogP contribution in [0.5, 0.6) is 0 Å². The van der Waals surface area contributed by atoms with Crippen molar-refractivity contribution in [2.45, 2.75) is 51.4 Å². The summed E-state index contributed by atoms with van der Waals surface area (Å²) in [4.78, 5) is 29.4. The summed E-state index contributed by atoms with van der Waals surface area (Å²) in [6, 6.07) is 4.72. The maximum absolute atomic E-state index is 13.0. The van der Waals surface area contributed by atoms with Gasteiger partial charge in [0.1, 0.15) is 18.3 Å². The number of hydrogen-bond donors (Lipinski definition) is 1. The van der Waals surface area contributed by atoms with Gasteiger partial charge in [-0.15, -0.1) is 0 Å². The molecule has 0 saturated heterocycles. The second-order valence-corrected chi connectivity index (χ2v) is 7.96. The molecular formula is C21H22F3N5O2. The number of nitrogens with zero attached hydrogens (tertiary/aromatic N) is 4. The van der Waals surface area contributed by atoms with Crippen molar-refractivity contribution in [1.29, 1.82) is 0 Å². The van der Waals surface area contributed by atoms with Gasteiger partial charge in [-0.25, -0.2) is 9.67 Å². The number of halogens is 3. The summed E-state index contributed by atoms with van der Waals surface area (Å²) in [5, 5.41) is 7.16. The van der Waals surface area contributed by atoms with Gasteiger partial charge in [-0.1, -0.05) is 25.8 Å². The highest BCUT2D eigenvalue weighted by Crippen LogP contribution is 2.30. The SMILES string of the molecule is C[C@@H]1CCCC[C@H]1NC(=O)Cn1cnc2c(cnn2-c2cccc(C(F)(F)F)c2)c1=O. The van der Waals surface area contributed by atoms with Gasteiger partial charge in [-0.05, 0) is 37.0 Å². The molecule has 31 heavy (non-hydrogen) atoms. The van der Waals surface area contributed by atoms with Crippen LogP contribution < -0.4 is 10.9 Å². The Bertz CT molecular complexity index is 1170. The van der Waals surface area contributed by atoms with Crippen molar-refractivity contribution < 1.29 is 18.0 Å². The summed E-state index contributed by atoms with van der Waals surface area (Å²) in [6.45, 7) is 1.92. The van der Waals surface area contributed by atoms with Crippen LogP contribution in [0.3, 0.4) is 0 Å². The smallest absolute Gasteiger partial charge is 0.352 e. The lowest BCUT2D eigenvalue weighted by molar-refractivity contribution is -0.137. The summed E-state index contributed by atoms with van der Waals surface area (Å²) in [7, 11) is 0. The zero-order chi connectivity index (χ0) is 22.2. The molecule has 1 aliphatic carbocycles. The van der Waals surface area contributed by atoms with Crippen LogP contribution in [-0.2, 0) is 17.5 Å². The Morgan fingerprint density at radius 1 is 1.26 bits per heavy atom. The zero-order valence-electron chi connectivity index (χ0n) is 16.9. The van der Waals surface area contributed by atoms with Gasteiger partial charge in [-0.3, -0.25) is 14.2 Å². The lowest BCUT2D eigenvalue weighted by Crippen LogP contribution is -2.43. The summed E-state index contributed by atoms with van der Waals surface area (Å²) in [5.41, 5.74) is -1.04. The molecule has 3 aromatic rings. The van der Waals surface area contributed by atoms with Gasteiger partial charge >= 0.3 is 6.18 Å². The van der Waals surface area contributed by atoms with Gasteiger partial charge in [0.2, 0.25) is 5.91 Å². The molecule has 1 N–H and O–H groups in total. The molecule has 0 spiro atoms. The Balaban J connectivity index is 1.58. The predicted octanol–water partition coefficient (Wildman–Crippen LogP) is 3.30. The number of alkyl halides is 3. The van der Waals surface area contributed by atoms with Crippen molar-refractivity contribution in [2.24, 2.45) is 5.92 Å². The van der Waals surface area contributed by atoms with Crippen LogP contribution in [0.4, 0.5) is 13.2 Å². The first-order valence-corrected chi connectivity index (χ1v) is 10.1. The Hall–Kier alpha value is -3.17. The lowest BCUT2D eigenvalue weighted by atomic mass is 9.86. The van der Waals surface area contributed by atoms with E-state index in [1.165, 1.54) is 33.9 Å². The summed E-state index contributed by atoms with van der Waals surface area (Å²) < 4.78 is 41.4. The summed E-state index contributed by atoms with van der Waals surface area (Å²) >= 11 is 0. The van der Waals surface area contributed by atoms with Gasteiger partial charge < -0.3 is 5.32 Å². The van der Waals surface area contributed by atoms with Crippen molar-refractivity contribution in [3.05, 3.63) is 52.7 Å². The molecule has 1 amide bonds. The summed E-state index contributed by atoms with van der Waals surface area (Å²) in [5.74, 6) is 0.119. The van der Waals surface area contributed by atoms with E-state index in [1.807, 2.05) is 0 Å². The average molecular weight is 433 g/mol. The van der Waals surface area contributed by atoms with E-state index in [1.54, 1.807) is 0 Å². The van der Waals surface area contributed by atoms with E-state index in [2.05, 4.69) is 22.3 Å². The molecule has 1 saturated carbocycles. The third kappa shape index (κ3) is 4.33. The second kappa shape index (κ2) is 8.16. The highest BCUT2D eigenvalue weighted by Gasteiger charge is 2.31. The monoisotopic (exact) mass is 433 g/mol. The van der Waals surface area contributed by atoms with Crippen molar-refractivity contribution in [1.82, 2.24) is 24.6 Å². The van der Waals surface area contributed by atoms with Crippen LogP contribution in [0.2, 0.25) is 0 Å². The number of nitrogens with one attached hydrogen (secondary N) is 1. The maximum atomic E-state index is 13.0. The molecule has 2 aromatic heterocycles. The normalized spacial score (nSPS) is 19.5. The van der Waals surface area contributed by atoms with Gasteiger partial charge in [0.25, 0.3) is 5.56 Å². The number of rotatable bonds is 4. The van der Waals surface area contributed by atoms with E-state index in [4.69, 9.17) is 0 Å². The van der Waals surface area contributed by atoms with Crippen molar-refractivity contribution >= 4 is 16.9 Å². The molecule has 10 heteroatoms. The fourth-order valence-electron chi connectivity index (χ4n) is 4.00. The van der Waals surface area contributed by atoms with Crippen molar-refractivity contribution in [3.8, 4) is 5.69 Å². The Labute approximate surface area is 175 Å². The first kappa shape index (κ1) is 21.1. The molecule has 1 aromatic carbocycles. The topological polar surface area (TPSA) is 81.8 Å². The quantitative estimate of drug-likeness (QED) is 0.685. The molecule has 0 radical (unpaired) electrons. The number of fused-ring (bicyclic) bond motifs is 1. The highest BCUT2D eigenvalue weighted by molar-refractivity contribution is 5.78. The summed E-state index contributed by atoms with van der Waals surface area (Å²) in [6.07, 6.45) is 2.18. The minimum absolute atomic E-state index is 0.0947. The van der Waals surface area contributed by atoms with Crippen LogP contribution >= 0.6 is 0 Å². The Kier molecular flexibility index (Phi) is 5.55.